The fraction of sp³-hybridized carbons (Fsp3) is 0.529. The zero-order valence-electron chi connectivity index (χ0n) is 12.3. The number of hydrogen-bond acceptors (Lipinski definition) is 2. The fourth-order valence-corrected chi connectivity index (χ4v) is 4.43. The maximum Gasteiger partial charge on any atom is 0.272 e. The Morgan fingerprint density at radius 2 is 2.19 bits per heavy atom. The fourth-order valence-electron chi connectivity index (χ4n) is 4.43. The van der Waals surface area contributed by atoms with Gasteiger partial charge in [-0.2, -0.15) is 5.10 Å². The van der Waals surface area contributed by atoms with Gasteiger partial charge in [0.15, 0.2) is 5.69 Å². The van der Waals surface area contributed by atoms with Crippen LogP contribution in [0.15, 0.2) is 24.3 Å². The first-order valence-corrected chi connectivity index (χ1v) is 7.96. The molecule has 2 bridgehead atoms. The smallest absolute Gasteiger partial charge is 0.272 e. The van der Waals surface area contributed by atoms with E-state index in [2.05, 4.69) is 22.4 Å². The molecule has 2 N–H and O–H groups in total. The topological polar surface area (TPSA) is 57.8 Å². The highest BCUT2D eigenvalue weighted by molar-refractivity contribution is 6.04. The lowest BCUT2D eigenvalue weighted by Gasteiger charge is -2.28. The lowest BCUT2D eigenvalue weighted by atomic mass is 9.84. The number of benzene rings is 1. The summed E-state index contributed by atoms with van der Waals surface area (Å²) in [5, 5.41) is 11.2. The molecular formula is C17H21N3O. The van der Waals surface area contributed by atoms with Crippen molar-refractivity contribution in [3.63, 3.8) is 0 Å². The van der Waals surface area contributed by atoms with Crippen molar-refractivity contribution in [1.82, 2.24) is 15.5 Å². The Kier molecular flexibility index (Phi) is 2.98. The first-order valence-electron chi connectivity index (χ1n) is 7.96. The van der Waals surface area contributed by atoms with E-state index >= 15 is 0 Å². The summed E-state index contributed by atoms with van der Waals surface area (Å²) in [6, 6.07) is 8.01. The molecule has 4 heteroatoms. The van der Waals surface area contributed by atoms with Gasteiger partial charge in [-0.05, 0) is 50.0 Å². The zero-order chi connectivity index (χ0) is 14.4. The lowest BCUT2D eigenvalue weighted by molar-refractivity contribution is 0.0912. The Labute approximate surface area is 124 Å². The third kappa shape index (κ3) is 2.13. The molecule has 0 radical (unpaired) electrons. The van der Waals surface area contributed by atoms with Crippen LogP contribution in [0.1, 0.15) is 43.1 Å². The van der Waals surface area contributed by atoms with Gasteiger partial charge in [0.25, 0.3) is 5.91 Å². The van der Waals surface area contributed by atoms with E-state index in [1.54, 1.807) is 0 Å². The number of fused-ring (bicyclic) bond motifs is 3. The summed E-state index contributed by atoms with van der Waals surface area (Å²) in [5.74, 6) is 2.33. The number of rotatable bonds is 3. The summed E-state index contributed by atoms with van der Waals surface area (Å²) in [4.78, 5) is 12.5. The van der Waals surface area contributed by atoms with Gasteiger partial charge in [-0.15, -0.1) is 0 Å². The van der Waals surface area contributed by atoms with Crippen LogP contribution in [0, 0.1) is 17.8 Å². The van der Waals surface area contributed by atoms with Crippen molar-refractivity contribution >= 4 is 16.8 Å². The molecule has 2 aliphatic rings. The van der Waals surface area contributed by atoms with Crippen LogP contribution in [0.5, 0.6) is 0 Å². The average molecular weight is 283 g/mol. The largest absolute Gasteiger partial charge is 0.348 e. The first-order chi connectivity index (χ1) is 10.2. The SMILES string of the molecule is CC(NC(=O)c1n[nH]c2ccccc12)C1CC2CCC1C2. The Bertz CT molecular complexity index is 677. The maximum absolute atomic E-state index is 12.5. The van der Waals surface area contributed by atoms with E-state index in [0.29, 0.717) is 11.6 Å². The molecule has 4 atom stereocenters. The second-order valence-corrected chi connectivity index (χ2v) is 6.72. The molecule has 2 aromatic rings. The number of H-pyrrole nitrogens is 1. The van der Waals surface area contributed by atoms with E-state index in [1.807, 2.05) is 24.3 Å². The summed E-state index contributed by atoms with van der Waals surface area (Å²) in [6.07, 6.45) is 5.40. The lowest BCUT2D eigenvalue weighted by Crippen LogP contribution is -2.40. The first kappa shape index (κ1) is 12.9. The summed E-state index contributed by atoms with van der Waals surface area (Å²) in [6.45, 7) is 2.15. The number of aromatic nitrogens is 2. The van der Waals surface area contributed by atoms with Crippen LogP contribution in [0.2, 0.25) is 0 Å². The number of carbonyl (C=O) groups is 1. The van der Waals surface area contributed by atoms with Gasteiger partial charge in [-0.1, -0.05) is 24.6 Å². The van der Waals surface area contributed by atoms with Gasteiger partial charge < -0.3 is 5.32 Å². The quantitative estimate of drug-likeness (QED) is 0.909. The number of carbonyl (C=O) groups excluding carboxylic acids is 1. The number of amides is 1. The molecule has 110 valence electrons. The Balaban J connectivity index is 1.50. The van der Waals surface area contributed by atoms with Gasteiger partial charge in [0.2, 0.25) is 0 Å². The van der Waals surface area contributed by atoms with Crippen LogP contribution >= 0.6 is 0 Å². The molecule has 1 amide bonds. The van der Waals surface area contributed by atoms with Crippen LogP contribution in [0.25, 0.3) is 10.9 Å². The van der Waals surface area contributed by atoms with E-state index in [0.717, 1.165) is 22.7 Å². The monoisotopic (exact) mass is 283 g/mol. The van der Waals surface area contributed by atoms with Crippen molar-refractivity contribution < 1.29 is 4.79 Å². The second-order valence-electron chi connectivity index (χ2n) is 6.72. The van der Waals surface area contributed by atoms with Crippen molar-refractivity contribution in [3.05, 3.63) is 30.0 Å². The van der Waals surface area contributed by atoms with Crippen LogP contribution in [-0.4, -0.2) is 22.1 Å². The van der Waals surface area contributed by atoms with Gasteiger partial charge in [0.05, 0.1) is 5.52 Å². The van der Waals surface area contributed by atoms with Crippen molar-refractivity contribution in [2.75, 3.05) is 0 Å². The molecule has 1 aromatic heterocycles. The molecule has 1 aromatic carbocycles. The molecule has 21 heavy (non-hydrogen) atoms. The van der Waals surface area contributed by atoms with Crippen LogP contribution < -0.4 is 5.32 Å². The molecule has 2 aliphatic carbocycles. The van der Waals surface area contributed by atoms with Crippen molar-refractivity contribution in [3.8, 4) is 0 Å². The summed E-state index contributed by atoms with van der Waals surface area (Å²) >= 11 is 0. The minimum Gasteiger partial charge on any atom is -0.348 e. The van der Waals surface area contributed by atoms with Gasteiger partial charge >= 0.3 is 0 Å². The number of para-hydroxylation sites is 1. The highest BCUT2D eigenvalue weighted by Gasteiger charge is 2.42. The number of aromatic amines is 1. The Morgan fingerprint density at radius 1 is 1.33 bits per heavy atom. The van der Waals surface area contributed by atoms with Gasteiger partial charge in [-0.25, -0.2) is 0 Å². The van der Waals surface area contributed by atoms with E-state index in [-0.39, 0.29) is 11.9 Å². The van der Waals surface area contributed by atoms with E-state index < -0.39 is 0 Å². The highest BCUT2D eigenvalue weighted by atomic mass is 16.2. The minimum atomic E-state index is -0.0530. The third-order valence-electron chi connectivity index (χ3n) is 5.48. The molecular weight excluding hydrogens is 262 g/mol. The molecule has 0 spiro atoms. The molecule has 4 rings (SSSR count). The summed E-state index contributed by atoms with van der Waals surface area (Å²) in [7, 11) is 0. The average Bonchev–Trinajstić information content (AvgIpc) is 3.21. The van der Waals surface area contributed by atoms with Gasteiger partial charge in [-0.3, -0.25) is 9.89 Å². The van der Waals surface area contributed by atoms with Crippen LogP contribution in [0.3, 0.4) is 0 Å². The molecule has 2 fully saturated rings. The van der Waals surface area contributed by atoms with Gasteiger partial charge in [0.1, 0.15) is 0 Å². The third-order valence-corrected chi connectivity index (χ3v) is 5.48. The molecule has 4 nitrogen and oxygen atoms in total. The number of hydrogen-bond donors (Lipinski definition) is 2. The molecule has 1 heterocycles. The standard InChI is InChI=1S/C17H21N3O/c1-10(14-9-11-6-7-12(14)8-11)18-17(21)16-13-4-2-3-5-15(13)19-20-16/h2-5,10-12,14H,6-9H2,1H3,(H,18,21)(H,19,20). The Morgan fingerprint density at radius 3 is 2.95 bits per heavy atom. The number of nitrogens with zero attached hydrogens (tertiary/aromatic N) is 1. The number of nitrogens with one attached hydrogen (secondary N) is 2. The molecule has 2 saturated carbocycles. The molecule has 0 saturated heterocycles. The van der Waals surface area contributed by atoms with Crippen molar-refractivity contribution in [2.24, 2.45) is 17.8 Å². The minimum absolute atomic E-state index is 0.0530. The predicted molar refractivity (Wildman–Crippen MR) is 82.0 cm³/mol. The highest BCUT2D eigenvalue weighted by Crippen LogP contribution is 2.49. The van der Waals surface area contributed by atoms with E-state index in [9.17, 15) is 4.79 Å². The van der Waals surface area contributed by atoms with Crippen LogP contribution in [-0.2, 0) is 0 Å². The second kappa shape index (κ2) is 4.86. The van der Waals surface area contributed by atoms with Crippen molar-refractivity contribution in [1.29, 1.82) is 0 Å². The van der Waals surface area contributed by atoms with E-state index in [1.165, 1.54) is 25.7 Å². The Hall–Kier alpha value is -1.84. The van der Waals surface area contributed by atoms with Crippen LogP contribution in [0.4, 0.5) is 0 Å². The van der Waals surface area contributed by atoms with E-state index in [4.69, 9.17) is 0 Å². The maximum atomic E-state index is 12.5. The zero-order valence-corrected chi connectivity index (χ0v) is 12.3. The predicted octanol–water partition coefficient (Wildman–Crippen LogP) is 3.12. The van der Waals surface area contributed by atoms with Gasteiger partial charge in [0, 0.05) is 11.4 Å². The van der Waals surface area contributed by atoms with Crippen molar-refractivity contribution in [2.45, 2.75) is 38.6 Å². The normalized spacial score (nSPS) is 28.9. The molecule has 4 unspecified atom stereocenters. The summed E-state index contributed by atoms with van der Waals surface area (Å²) in [5.41, 5.74) is 1.43. The molecule has 0 aliphatic heterocycles. The summed E-state index contributed by atoms with van der Waals surface area (Å²) < 4.78 is 0.